The van der Waals surface area contributed by atoms with Gasteiger partial charge in [-0.1, -0.05) is 60.1 Å². The van der Waals surface area contributed by atoms with E-state index in [2.05, 4.69) is 15.5 Å². The molecule has 1 N–H and O–H groups in total. The lowest BCUT2D eigenvalue weighted by molar-refractivity contribution is -0.614. The summed E-state index contributed by atoms with van der Waals surface area (Å²) in [4.78, 5) is 11.6. The van der Waals surface area contributed by atoms with Crippen LogP contribution in [0.25, 0.3) is 27.9 Å². The van der Waals surface area contributed by atoms with E-state index in [0.29, 0.717) is 50.6 Å². The van der Waals surface area contributed by atoms with Crippen molar-refractivity contribution in [1.29, 1.82) is 0 Å². The van der Waals surface area contributed by atoms with Crippen molar-refractivity contribution in [2.45, 2.75) is 12.3 Å². The van der Waals surface area contributed by atoms with E-state index in [9.17, 15) is 15.1 Å². The summed E-state index contributed by atoms with van der Waals surface area (Å²) in [6, 6.07) is 29.3. The molecule has 8 nitrogen and oxygen atoms in total. The highest BCUT2D eigenvalue weighted by atomic mass is 35.5. The summed E-state index contributed by atoms with van der Waals surface area (Å²) in [5.41, 5.74) is 5.00. The average molecular weight is 592 g/mol. The third kappa shape index (κ3) is 5.98. The van der Waals surface area contributed by atoms with Crippen molar-refractivity contribution < 1.29 is 19.0 Å². The highest BCUT2D eigenvalue weighted by molar-refractivity contribution is 6.31. The van der Waals surface area contributed by atoms with Crippen molar-refractivity contribution >= 4 is 17.6 Å². The Morgan fingerprint density at radius 3 is 2.51 bits per heavy atom. The SMILES string of the molecule is O=C(O)c1cccc(-c2cc(F)cc([C@@H](Cc3ccccc3)c3ccc(-c4cc(Cl)ccc4-n4cnnn4)c[n+]3[O-])c2)c1. The number of hydrogen-bond acceptors (Lipinski definition) is 5. The summed E-state index contributed by atoms with van der Waals surface area (Å²) in [7, 11) is 0. The third-order valence-electron chi connectivity index (χ3n) is 7.21. The number of pyridine rings is 1. The Hall–Kier alpha value is -5.41. The third-order valence-corrected chi connectivity index (χ3v) is 7.45. The lowest BCUT2D eigenvalue weighted by Gasteiger charge is -2.19. The first-order valence-electron chi connectivity index (χ1n) is 13.3. The average Bonchev–Trinajstić information content (AvgIpc) is 3.55. The molecule has 0 fully saturated rings. The van der Waals surface area contributed by atoms with Crippen LogP contribution in [0.5, 0.6) is 0 Å². The number of hydrogen-bond donors (Lipinski definition) is 1. The van der Waals surface area contributed by atoms with E-state index in [1.807, 2.05) is 36.4 Å². The number of carbonyl (C=O) groups is 1. The van der Waals surface area contributed by atoms with E-state index < -0.39 is 17.7 Å². The van der Waals surface area contributed by atoms with Gasteiger partial charge in [-0.2, -0.15) is 9.41 Å². The van der Waals surface area contributed by atoms with Crippen LogP contribution < -0.4 is 4.73 Å². The molecule has 6 rings (SSSR count). The van der Waals surface area contributed by atoms with Crippen molar-refractivity contribution in [3.63, 3.8) is 0 Å². The predicted octanol–water partition coefficient (Wildman–Crippen LogP) is 6.50. The Kier molecular flexibility index (Phi) is 7.63. The molecular formula is C33H23ClFN5O3. The molecule has 0 spiro atoms. The summed E-state index contributed by atoms with van der Waals surface area (Å²) in [5.74, 6) is -2.09. The number of halogens is 2. The first-order chi connectivity index (χ1) is 20.9. The molecule has 10 heteroatoms. The van der Waals surface area contributed by atoms with Crippen LogP contribution in [0.15, 0.2) is 116 Å². The summed E-state index contributed by atoms with van der Waals surface area (Å²) in [5, 5.41) is 35.1. The lowest BCUT2D eigenvalue weighted by atomic mass is 9.86. The minimum atomic E-state index is -1.07. The van der Waals surface area contributed by atoms with Crippen LogP contribution in [0.3, 0.4) is 0 Å². The second kappa shape index (κ2) is 11.8. The zero-order valence-electron chi connectivity index (χ0n) is 22.5. The minimum absolute atomic E-state index is 0.0965. The number of carboxylic acids is 1. The second-order valence-electron chi connectivity index (χ2n) is 9.99. The molecule has 0 bridgehead atoms. The Bertz CT molecular complexity index is 1930. The second-order valence-corrected chi connectivity index (χ2v) is 10.4. The fourth-order valence-electron chi connectivity index (χ4n) is 5.19. The van der Waals surface area contributed by atoms with Crippen LogP contribution in [-0.2, 0) is 6.42 Å². The number of rotatable bonds is 8. The zero-order chi connectivity index (χ0) is 29.9. The van der Waals surface area contributed by atoms with Gasteiger partial charge in [0.2, 0.25) is 5.69 Å². The fraction of sp³-hybridized carbons (Fsp3) is 0.0606. The maximum absolute atomic E-state index is 15.2. The van der Waals surface area contributed by atoms with Crippen LogP contribution in [0.4, 0.5) is 4.39 Å². The van der Waals surface area contributed by atoms with E-state index >= 15 is 4.39 Å². The minimum Gasteiger partial charge on any atom is -0.618 e. The highest BCUT2D eigenvalue weighted by Gasteiger charge is 2.25. The Labute approximate surface area is 250 Å². The lowest BCUT2D eigenvalue weighted by Crippen LogP contribution is -2.34. The quantitative estimate of drug-likeness (QED) is 0.160. The molecule has 1 atom stereocenters. The van der Waals surface area contributed by atoms with E-state index in [1.165, 1.54) is 41.5 Å². The van der Waals surface area contributed by atoms with E-state index in [4.69, 9.17) is 11.6 Å². The summed E-state index contributed by atoms with van der Waals surface area (Å²) in [6.07, 6.45) is 3.34. The van der Waals surface area contributed by atoms with Crippen molar-refractivity contribution in [2.24, 2.45) is 0 Å². The molecule has 4 aromatic carbocycles. The van der Waals surface area contributed by atoms with Crippen molar-refractivity contribution in [1.82, 2.24) is 20.2 Å². The first-order valence-corrected chi connectivity index (χ1v) is 13.7. The van der Waals surface area contributed by atoms with Gasteiger partial charge < -0.3 is 10.3 Å². The number of tetrazole rings is 1. The molecule has 2 aromatic heterocycles. The maximum atomic E-state index is 15.2. The largest absolute Gasteiger partial charge is 0.618 e. The smallest absolute Gasteiger partial charge is 0.335 e. The molecule has 0 amide bonds. The molecule has 212 valence electrons. The van der Waals surface area contributed by atoms with Crippen LogP contribution in [0.1, 0.15) is 33.1 Å². The molecule has 0 radical (unpaired) electrons. The molecule has 0 saturated carbocycles. The van der Waals surface area contributed by atoms with Gasteiger partial charge >= 0.3 is 5.97 Å². The maximum Gasteiger partial charge on any atom is 0.335 e. The van der Waals surface area contributed by atoms with Gasteiger partial charge in [0.1, 0.15) is 12.1 Å². The molecule has 0 saturated heterocycles. The van der Waals surface area contributed by atoms with Crippen LogP contribution in [0, 0.1) is 11.0 Å². The Balaban J connectivity index is 1.46. The Morgan fingerprint density at radius 2 is 1.77 bits per heavy atom. The number of aromatic nitrogens is 5. The molecule has 43 heavy (non-hydrogen) atoms. The number of nitrogens with zero attached hydrogens (tertiary/aromatic N) is 5. The fourth-order valence-corrected chi connectivity index (χ4v) is 5.36. The molecule has 0 aliphatic rings. The monoisotopic (exact) mass is 591 g/mol. The van der Waals surface area contributed by atoms with Gasteiger partial charge in [-0.05, 0) is 87.6 Å². The van der Waals surface area contributed by atoms with Gasteiger partial charge in [0, 0.05) is 22.2 Å². The number of aromatic carboxylic acids is 1. The zero-order valence-corrected chi connectivity index (χ0v) is 23.3. The summed E-state index contributed by atoms with van der Waals surface area (Å²) < 4.78 is 17.4. The Morgan fingerprint density at radius 1 is 0.930 bits per heavy atom. The van der Waals surface area contributed by atoms with Gasteiger partial charge in [-0.3, -0.25) is 0 Å². The van der Waals surface area contributed by atoms with Gasteiger partial charge in [-0.15, -0.1) is 5.10 Å². The van der Waals surface area contributed by atoms with Gasteiger partial charge in [-0.25, -0.2) is 9.18 Å². The van der Waals surface area contributed by atoms with Crippen molar-refractivity contribution in [3.8, 4) is 27.9 Å². The molecule has 0 unspecified atom stereocenters. The highest BCUT2D eigenvalue weighted by Crippen LogP contribution is 2.34. The van der Waals surface area contributed by atoms with Crippen LogP contribution in [-0.4, -0.2) is 31.3 Å². The topological polar surface area (TPSA) is 108 Å². The summed E-state index contributed by atoms with van der Waals surface area (Å²) in [6.45, 7) is 0. The summed E-state index contributed by atoms with van der Waals surface area (Å²) >= 11 is 6.31. The standard InChI is InChI=1S/C33H23ClFN5O3/c34-27-10-12-31(39-20-36-37-38-39)30(18-27)24-9-11-32(40(43)19-24)29(13-21-5-2-1-3-6-21)26-15-25(16-28(35)17-26)22-7-4-8-23(14-22)33(41)42/h1-12,14-20,29H,13H2,(H,41,42)/t29-/m1/s1. The van der Waals surface area contributed by atoms with Gasteiger partial charge in [0.15, 0.2) is 6.20 Å². The first kappa shape index (κ1) is 27.7. The molecule has 6 aromatic rings. The van der Waals surface area contributed by atoms with Crippen molar-refractivity contribution in [2.75, 3.05) is 0 Å². The van der Waals surface area contributed by atoms with Crippen LogP contribution >= 0.6 is 11.6 Å². The van der Waals surface area contributed by atoms with Crippen molar-refractivity contribution in [3.05, 3.63) is 154 Å². The normalized spacial score (nSPS) is 11.8. The molecule has 2 heterocycles. The van der Waals surface area contributed by atoms with Gasteiger partial charge in [0.25, 0.3) is 0 Å². The van der Waals surface area contributed by atoms with E-state index in [0.717, 1.165) is 10.3 Å². The molecular weight excluding hydrogens is 569 g/mol. The number of benzene rings is 4. The van der Waals surface area contributed by atoms with Gasteiger partial charge in [0.05, 0.1) is 17.2 Å². The molecule has 0 aliphatic heterocycles. The predicted molar refractivity (Wildman–Crippen MR) is 159 cm³/mol. The number of carboxylic acid groups (broad SMARTS) is 1. The molecule has 0 aliphatic carbocycles. The van der Waals surface area contributed by atoms with Crippen LogP contribution in [0.2, 0.25) is 5.02 Å². The van der Waals surface area contributed by atoms with E-state index in [-0.39, 0.29) is 5.56 Å². The van der Waals surface area contributed by atoms with E-state index in [1.54, 1.807) is 42.5 Å².